The molecule has 0 aromatic carbocycles. The summed E-state index contributed by atoms with van der Waals surface area (Å²) >= 11 is 6.33. The van der Waals surface area contributed by atoms with Crippen LogP contribution in [0.5, 0.6) is 0 Å². The van der Waals surface area contributed by atoms with E-state index >= 15 is 0 Å². The van der Waals surface area contributed by atoms with Gasteiger partial charge < -0.3 is 5.32 Å². The highest BCUT2D eigenvalue weighted by atomic mass is 35.5. The Hall–Kier alpha value is -2.67. The summed E-state index contributed by atoms with van der Waals surface area (Å²) in [5.41, 5.74) is 1.60. The monoisotopic (exact) mass is 358 g/mol. The number of pyridine rings is 1. The Morgan fingerprint density at radius 1 is 1.36 bits per heavy atom. The van der Waals surface area contributed by atoms with E-state index in [2.05, 4.69) is 27.3 Å². The maximum Gasteiger partial charge on any atom is 0.260 e. The van der Waals surface area contributed by atoms with Gasteiger partial charge in [0, 0.05) is 18.9 Å². The van der Waals surface area contributed by atoms with Gasteiger partial charge in [-0.3, -0.25) is 14.0 Å². The molecule has 8 heteroatoms. The third kappa shape index (κ3) is 3.71. The number of nitrogens with zero attached hydrogens (tertiary/aromatic N) is 5. The fraction of sp³-hybridized carbons (Fsp3) is 0.294. The number of rotatable bonds is 6. The van der Waals surface area contributed by atoms with E-state index in [9.17, 15) is 4.79 Å². The van der Waals surface area contributed by atoms with Crippen LogP contribution in [0.2, 0.25) is 5.15 Å². The van der Waals surface area contributed by atoms with E-state index in [1.807, 2.05) is 0 Å². The molecule has 3 aromatic rings. The summed E-state index contributed by atoms with van der Waals surface area (Å²) in [5.74, 6) is 0.430. The minimum absolute atomic E-state index is 0.289. The molecule has 1 N–H and O–H groups in total. The molecule has 0 aliphatic rings. The first kappa shape index (κ1) is 17.2. The van der Waals surface area contributed by atoms with Crippen molar-refractivity contribution in [3.05, 3.63) is 53.5 Å². The molecule has 0 unspecified atom stereocenters. The summed E-state index contributed by atoms with van der Waals surface area (Å²) in [6, 6.07) is 3.58. The van der Waals surface area contributed by atoms with Crippen LogP contribution >= 0.6 is 11.6 Å². The van der Waals surface area contributed by atoms with Crippen molar-refractivity contribution in [1.82, 2.24) is 24.3 Å². The molecule has 25 heavy (non-hydrogen) atoms. The average molecular weight is 359 g/mol. The van der Waals surface area contributed by atoms with Gasteiger partial charge >= 0.3 is 0 Å². The number of nitrogens with one attached hydrogen (secondary N) is 1. The molecular weight excluding hydrogens is 340 g/mol. The zero-order valence-electron chi connectivity index (χ0n) is 14.1. The topological polar surface area (TPSA) is 77.6 Å². The van der Waals surface area contributed by atoms with Gasteiger partial charge in [-0.2, -0.15) is 5.10 Å². The van der Waals surface area contributed by atoms with Gasteiger partial charge in [-0.25, -0.2) is 9.97 Å². The average Bonchev–Trinajstić information content (AvgIpc) is 3.22. The minimum atomic E-state index is -0.289. The molecule has 0 aliphatic carbocycles. The quantitative estimate of drug-likeness (QED) is 0.731. The smallest absolute Gasteiger partial charge is 0.260 e. The minimum Gasteiger partial charge on any atom is -0.320 e. The van der Waals surface area contributed by atoms with Crippen LogP contribution in [0.15, 0.2) is 37.1 Å². The molecule has 1 amide bonds. The molecule has 0 saturated heterocycles. The van der Waals surface area contributed by atoms with Gasteiger partial charge in [0.15, 0.2) is 0 Å². The van der Waals surface area contributed by atoms with Gasteiger partial charge in [0.1, 0.15) is 17.3 Å². The summed E-state index contributed by atoms with van der Waals surface area (Å²) < 4.78 is 3.46. The highest BCUT2D eigenvalue weighted by Crippen LogP contribution is 2.22. The van der Waals surface area contributed by atoms with Crippen LogP contribution in [0.4, 0.5) is 5.69 Å². The number of unbranched alkanes of at least 4 members (excludes halogenated alkanes) is 1. The van der Waals surface area contributed by atoms with Crippen molar-refractivity contribution < 1.29 is 4.79 Å². The van der Waals surface area contributed by atoms with Crippen LogP contribution in [0.25, 0.3) is 5.82 Å². The standard InChI is InChI=1S/C17H19ClN6O/c1-3-4-8-24-16(18)15(12(2)22-24)17(25)21-13-5-6-14(20-10-13)23-9-7-19-11-23/h5-7,9-11H,3-4,8H2,1-2H3,(H,21,25). The molecule has 0 spiro atoms. The van der Waals surface area contributed by atoms with Gasteiger partial charge in [-0.1, -0.05) is 24.9 Å². The SMILES string of the molecule is CCCCn1nc(C)c(C(=O)Nc2ccc(-n3ccnc3)nc2)c1Cl. The Morgan fingerprint density at radius 3 is 2.84 bits per heavy atom. The van der Waals surface area contributed by atoms with Crippen LogP contribution in [-0.2, 0) is 6.54 Å². The van der Waals surface area contributed by atoms with Crippen LogP contribution in [-0.4, -0.2) is 30.2 Å². The molecule has 3 heterocycles. The number of imidazole rings is 1. The van der Waals surface area contributed by atoms with E-state index in [0.29, 0.717) is 28.6 Å². The second-order valence-electron chi connectivity index (χ2n) is 5.66. The Bertz CT molecular complexity index is 854. The van der Waals surface area contributed by atoms with Crippen LogP contribution < -0.4 is 5.32 Å². The lowest BCUT2D eigenvalue weighted by molar-refractivity contribution is 0.102. The summed E-state index contributed by atoms with van der Waals surface area (Å²) in [6.45, 7) is 4.58. The zero-order valence-corrected chi connectivity index (χ0v) is 14.9. The number of carbonyl (C=O) groups is 1. The lowest BCUT2D eigenvalue weighted by atomic mass is 10.2. The van der Waals surface area contributed by atoms with Crippen molar-refractivity contribution in [2.24, 2.45) is 0 Å². The normalized spacial score (nSPS) is 10.8. The number of aryl methyl sites for hydroxylation is 2. The van der Waals surface area contributed by atoms with Crippen molar-refractivity contribution in [2.45, 2.75) is 33.2 Å². The zero-order chi connectivity index (χ0) is 17.8. The van der Waals surface area contributed by atoms with Crippen molar-refractivity contribution >= 4 is 23.2 Å². The van der Waals surface area contributed by atoms with E-state index in [0.717, 1.165) is 18.7 Å². The molecule has 3 rings (SSSR count). The molecule has 0 aliphatic heterocycles. The summed E-state index contributed by atoms with van der Waals surface area (Å²) in [4.78, 5) is 20.9. The van der Waals surface area contributed by atoms with E-state index in [1.165, 1.54) is 0 Å². The van der Waals surface area contributed by atoms with Crippen molar-refractivity contribution in [1.29, 1.82) is 0 Å². The van der Waals surface area contributed by atoms with Crippen molar-refractivity contribution in [2.75, 3.05) is 5.32 Å². The second-order valence-corrected chi connectivity index (χ2v) is 6.02. The molecule has 0 atom stereocenters. The molecule has 0 saturated carbocycles. The first-order chi connectivity index (χ1) is 12.1. The van der Waals surface area contributed by atoms with Gasteiger partial charge in [-0.05, 0) is 25.5 Å². The van der Waals surface area contributed by atoms with Gasteiger partial charge in [0.05, 0.1) is 23.1 Å². The predicted octanol–water partition coefficient (Wildman–Crippen LogP) is 3.48. The maximum atomic E-state index is 12.6. The van der Waals surface area contributed by atoms with E-state index in [-0.39, 0.29) is 5.91 Å². The number of hydrogen-bond acceptors (Lipinski definition) is 4. The van der Waals surface area contributed by atoms with Gasteiger partial charge in [-0.15, -0.1) is 0 Å². The number of halogens is 1. The maximum absolute atomic E-state index is 12.6. The largest absolute Gasteiger partial charge is 0.320 e. The molecule has 3 aromatic heterocycles. The number of anilines is 1. The molecule has 130 valence electrons. The molecule has 0 bridgehead atoms. The fourth-order valence-electron chi connectivity index (χ4n) is 2.47. The van der Waals surface area contributed by atoms with E-state index < -0.39 is 0 Å². The first-order valence-electron chi connectivity index (χ1n) is 8.08. The first-order valence-corrected chi connectivity index (χ1v) is 8.46. The number of carbonyl (C=O) groups excluding carboxylic acids is 1. The van der Waals surface area contributed by atoms with Gasteiger partial charge in [0.2, 0.25) is 0 Å². The Morgan fingerprint density at radius 2 is 2.20 bits per heavy atom. The van der Waals surface area contributed by atoms with Crippen LogP contribution in [0.1, 0.15) is 35.8 Å². The third-order valence-corrected chi connectivity index (χ3v) is 4.17. The second kappa shape index (κ2) is 7.48. The van der Waals surface area contributed by atoms with Crippen molar-refractivity contribution in [3.8, 4) is 5.82 Å². The Labute approximate surface area is 150 Å². The van der Waals surface area contributed by atoms with E-state index in [4.69, 9.17) is 11.6 Å². The van der Waals surface area contributed by atoms with E-state index in [1.54, 1.807) is 53.2 Å². The Kier molecular flexibility index (Phi) is 5.14. The van der Waals surface area contributed by atoms with Crippen LogP contribution in [0.3, 0.4) is 0 Å². The highest BCUT2D eigenvalue weighted by molar-refractivity contribution is 6.33. The lowest BCUT2D eigenvalue weighted by Gasteiger charge is -2.06. The molecular formula is C17H19ClN6O. The number of hydrogen-bond donors (Lipinski definition) is 1. The molecule has 0 radical (unpaired) electrons. The van der Waals surface area contributed by atoms with Crippen LogP contribution in [0, 0.1) is 6.92 Å². The third-order valence-electron chi connectivity index (χ3n) is 3.79. The number of amides is 1. The molecule has 7 nitrogen and oxygen atoms in total. The Balaban J connectivity index is 1.75. The van der Waals surface area contributed by atoms with Crippen molar-refractivity contribution in [3.63, 3.8) is 0 Å². The lowest BCUT2D eigenvalue weighted by Crippen LogP contribution is -2.13. The summed E-state index contributed by atoms with van der Waals surface area (Å²) in [5, 5.41) is 7.54. The van der Waals surface area contributed by atoms with Gasteiger partial charge in [0.25, 0.3) is 5.91 Å². The predicted molar refractivity (Wildman–Crippen MR) is 96.2 cm³/mol. The summed E-state index contributed by atoms with van der Waals surface area (Å²) in [7, 11) is 0. The summed E-state index contributed by atoms with van der Waals surface area (Å²) in [6.07, 6.45) is 8.73. The highest BCUT2D eigenvalue weighted by Gasteiger charge is 2.20. The fourth-order valence-corrected chi connectivity index (χ4v) is 2.81. The molecule has 0 fully saturated rings. The number of aromatic nitrogens is 5.